The maximum absolute atomic E-state index is 13.4. The summed E-state index contributed by atoms with van der Waals surface area (Å²) in [5.41, 5.74) is 1.52. The first-order valence-corrected chi connectivity index (χ1v) is 12.0. The van der Waals surface area contributed by atoms with Crippen molar-refractivity contribution < 1.29 is 17.9 Å². The van der Waals surface area contributed by atoms with E-state index in [1.807, 2.05) is 30.3 Å². The van der Waals surface area contributed by atoms with Crippen molar-refractivity contribution in [1.82, 2.24) is 5.32 Å². The Morgan fingerprint density at radius 2 is 1.68 bits per heavy atom. The highest BCUT2D eigenvalue weighted by Crippen LogP contribution is 2.36. The Morgan fingerprint density at radius 3 is 2.42 bits per heavy atom. The van der Waals surface area contributed by atoms with Gasteiger partial charge in [-0.05, 0) is 48.4 Å². The highest BCUT2D eigenvalue weighted by Gasteiger charge is 2.37. The van der Waals surface area contributed by atoms with Crippen LogP contribution in [0.5, 0.6) is 5.75 Å². The third-order valence-electron chi connectivity index (χ3n) is 4.98. The number of para-hydroxylation sites is 2. The first-order valence-electron chi connectivity index (χ1n) is 9.81. The van der Waals surface area contributed by atoms with E-state index in [-0.39, 0.29) is 17.3 Å². The number of rotatable bonds is 6. The van der Waals surface area contributed by atoms with Crippen molar-refractivity contribution in [2.24, 2.45) is 0 Å². The van der Waals surface area contributed by atoms with E-state index in [0.717, 1.165) is 10.0 Å². The molecule has 0 spiro atoms. The van der Waals surface area contributed by atoms with Gasteiger partial charge in [-0.3, -0.25) is 9.10 Å². The molecule has 0 aromatic heterocycles. The van der Waals surface area contributed by atoms with Crippen molar-refractivity contribution >= 4 is 37.5 Å². The van der Waals surface area contributed by atoms with E-state index in [4.69, 9.17) is 4.74 Å². The van der Waals surface area contributed by atoms with Crippen LogP contribution in [0, 0.1) is 0 Å². The van der Waals surface area contributed by atoms with Gasteiger partial charge in [0.2, 0.25) is 0 Å². The van der Waals surface area contributed by atoms with E-state index >= 15 is 0 Å². The minimum absolute atomic E-state index is 0.105. The van der Waals surface area contributed by atoms with Gasteiger partial charge in [0.1, 0.15) is 5.75 Å². The molecule has 0 aliphatic carbocycles. The van der Waals surface area contributed by atoms with Crippen LogP contribution in [0.1, 0.15) is 5.56 Å². The topological polar surface area (TPSA) is 75.7 Å². The molecular weight excluding hydrogens is 480 g/mol. The summed E-state index contributed by atoms with van der Waals surface area (Å²) in [5, 5.41) is 2.86. The number of carbonyl (C=O) groups excluding carboxylic acids is 1. The molecule has 8 heteroatoms. The average Bonchev–Trinajstić information content (AvgIpc) is 2.79. The summed E-state index contributed by atoms with van der Waals surface area (Å²) in [6.07, 6.45) is -0.271. The Hall–Kier alpha value is -2.84. The van der Waals surface area contributed by atoms with Gasteiger partial charge in [-0.25, -0.2) is 8.42 Å². The number of hydrogen-bond donors (Lipinski definition) is 1. The molecule has 3 aromatic carbocycles. The Labute approximate surface area is 190 Å². The number of sulfonamides is 1. The Morgan fingerprint density at radius 1 is 1.00 bits per heavy atom. The fraction of sp³-hybridized carbons (Fsp3) is 0.174. The Balaban J connectivity index is 1.54. The maximum Gasteiger partial charge on any atom is 0.264 e. The maximum atomic E-state index is 13.4. The zero-order chi connectivity index (χ0) is 21.8. The van der Waals surface area contributed by atoms with Crippen LogP contribution in [0.3, 0.4) is 0 Å². The summed E-state index contributed by atoms with van der Waals surface area (Å²) >= 11 is 3.32. The van der Waals surface area contributed by atoms with Gasteiger partial charge in [-0.2, -0.15) is 0 Å². The lowest BCUT2D eigenvalue weighted by atomic mass is 10.1. The van der Waals surface area contributed by atoms with Crippen LogP contribution in [0.25, 0.3) is 0 Å². The number of carbonyl (C=O) groups is 1. The van der Waals surface area contributed by atoms with Gasteiger partial charge >= 0.3 is 0 Å². The van der Waals surface area contributed by atoms with Gasteiger partial charge in [0.25, 0.3) is 15.9 Å². The third-order valence-corrected chi connectivity index (χ3v) is 7.31. The number of benzene rings is 3. The predicted octanol–water partition coefficient (Wildman–Crippen LogP) is 3.76. The molecule has 1 aliphatic rings. The number of amides is 1. The molecule has 160 valence electrons. The third kappa shape index (κ3) is 4.75. The molecule has 1 heterocycles. The van der Waals surface area contributed by atoms with Gasteiger partial charge in [0, 0.05) is 11.0 Å². The van der Waals surface area contributed by atoms with Crippen LogP contribution in [0.4, 0.5) is 5.69 Å². The highest BCUT2D eigenvalue weighted by atomic mass is 79.9. The number of ether oxygens (including phenoxy) is 1. The zero-order valence-corrected chi connectivity index (χ0v) is 19.0. The summed E-state index contributed by atoms with van der Waals surface area (Å²) in [6, 6.07) is 23.1. The molecule has 4 rings (SSSR count). The van der Waals surface area contributed by atoms with Crippen LogP contribution in [-0.2, 0) is 21.2 Å². The minimum atomic E-state index is -3.87. The summed E-state index contributed by atoms with van der Waals surface area (Å²) in [6.45, 7) is 0.330. The second-order valence-electron chi connectivity index (χ2n) is 7.09. The molecule has 0 bridgehead atoms. The van der Waals surface area contributed by atoms with Crippen LogP contribution >= 0.6 is 15.9 Å². The predicted molar refractivity (Wildman–Crippen MR) is 123 cm³/mol. The number of nitrogens with one attached hydrogen (secondary N) is 1. The van der Waals surface area contributed by atoms with Crippen molar-refractivity contribution in [3.8, 4) is 5.75 Å². The number of anilines is 1. The summed E-state index contributed by atoms with van der Waals surface area (Å²) < 4.78 is 34.6. The number of halogens is 1. The molecule has 0 unspecified atom stereocenters. The number of hydrogen-bond acceptors (Lipinski definition) is 4. The number of fused-ring (bicyclic) bond motifs is 1. The summed E-state index contributed by atoms with van der Waals surface area (Å²) in [7, 11) is -3.87. The molecule has 31 heavy (non-hydrogen) atoms. The lowest BCUT2D eigenvalue weighted by molar-refractivity contribution is -0.127. The quantitative estimate of drug-likeness (QED) is 0.558. The molecule has 0 fully saturated rings. The molecule has 6 nitrogen and oxygen atoms in total. The van der Waals surface area contributed by atoms with Gasteiger partial charge < -0.3 is 10.1 Å². The Bertz CT molecular complexity index is 1170. The standard InChI is InChI=1S/C23H21BrN2O4S/c24-18-10-12-19(13-11-18)31(28,29)26-16-22(30-21-9-5-4-8-20(21)26)23(27)25-15-14-17-6-2-1-3-7-17/h1-13,22H,14-16H2,(H,25,27)/t22-/m0/s1. The van der Waals surface area contributed by atoms with Crippen LogP contribution < -0.4 is 14.4 Å². The van der Waals surface area contributed by atoms with E-state index in [0.29, 0.717) is 24.4 Å². The minimum Gasteiger partial charge on any atom is -0.476 e. The fourth-order valence-corrected chi connectivity index (χ4v) is 5.13. The van der Waals surface area contributed by atoms with Crippen molar-refractivity contribution in [2.75, 3.05) is 17.4 Å². The van der Waals surface area contributed by atoms with Gasteiger partial charge in [-0.1, -0.05) is 58.4 Å². The van der Waals surface area contributed by atoms with Gasteiger partial charge in [0.15, 0.2) is 6.10 Å². The number of nitrogens with zero attached hydrogens (tertiary/aromatic N) is 1. The molecule has 1 aliphatic heterocycles. The second kappa shape index (κ2) is 9.11. The van der Waals surface area contributed by atoms with Gasteiger partial charge in [0.05, 0.1) is 17.1 Å². The second-order valence-corrected chi connectivity index (χ2v) is 9.87. The largest absolute Gasteiger partial charge is 0.476 e. The monoisotopic (exact) mass is 500 g/mol. The molecular formula is C23H21BrN2O4S. The highest BCUT2D eigenvalue weighted by molar-refractivity contribution is 9.10. The van der Waals surface area contributed by atoms with E-state index in [1.165, 1.54) is 16.4 Å². The van der Waals surface area contributed by atoms with E-state index < -0.39 is 16.1 Å². The van der Waals surface area contributed by atoms with Crippen molar-refractivity contribution in [2.45, 2.75) is 17.4 Å². The SMILES string of the molecule is O=C(NCCc1ccccc1)[C@@H]1CN(S(=O)(=O)c2ccc(Br)cc2)c2ccccc2O1. The van der Waals surface area contributed by atoms with E-state index in [1.54, 1.807) is 36.4 Å². The molecule has 0 saturated carbocycles. The zero-order valence-electron chi connectivity index (χ0n) is 16.6. The molecule has 3 aromatic rings. The molecule has 1 atom stereocenters. The normalized spacial score (nSPS) is 15.6. The first-order chi connectivity index (χ1) is 14.9. The molecule has 1 N–H and O–H groups in total. The lowest BCUT2D eigenvalue weighted by Gasteiger charge is -2.34. The molecule has 1 amide bonds. The van der Waals surface area contributed by atoms with Crippen LogP contribution in [0.2, 0.25) is 0 Å². The van der Waals surface area contributed by atoms with Crippen LogP contribution in [-0.4, -0.2) is 33.5 Å². The Kier molecular flexibility index (Phi) is 6.29. The summed E-state index contributed by atoms with van der Waals surface area (Å²) in [5.74, 6) is 0.0130. The molecule has 0 saturated heterocycles. The average molecular weight is 501 g/mol. The van der Waals surface area contributed by atoms with Crippen molar-refractivity contribution in [3.63, 3.8) is 0 Å². The van der Waals surface area contributed by atoms with Crippen molar-refractivity contribution in [3.05, 3.63) is 88.9 Å². The summed E-state index contributed by atoms with van der Waals surface area (Å²) in [4.78, 5) is 12.9. The first kappa shape index (κ1) is 21.4. The van der Waals surface area contributed by atoms with Crippen molar-refractivity contribution in [1.29, 1.82) is 0 Å². The lowest BCUT2D eigenvalue weighted by Crippen LogP contribution is -2.51. The van der Waals surface area contributed by atoms with E-state index in [9.17, 15) is 13.2 Å². The van der Waals surface area contributed by atoms with Gasteiger partial charge in [-0.15, -0.1) is 0 Å². The van der Waals surface area contributed by atoms with Crippen LogP contribution in [0.15, 0.2) is 88.2 Å². The fourth-order valence-electron chi connectivity index (χ4n) is 3.39. The van der Waals surface area contributed by atoms with E-state index in [2.05, 4.69) is 21.2 Å². The molecule has 0 radical (unpaired) electrons. The smallest absolute Gasteiger partial charge is 0.264 e.